The Balaban J connectivity index is 3.13. The molecule has 0 saturated carbocycles. The zero-order valence-corrected chi connectivity index (χ0v) is 12.3. The van der Waals surface area contributed by atoms with Gasteiger partial charge in [0.1, 0.15) is 11.0 Å². The second kappa shape index (κ2) is 5.94. The third kappa shape index (κ3) is 3.15. The average molecular weight is 308 g/mol. The van der Waals surface area contributed by atoms with Crippen LogP contribution in [-0.2, 0) is 4.74 Å². The zero-order valence-electron chi connectivity index (χ0n) is 9.92. The van der Waals surface area contributed by atoms with E-state index in [4.69, 9.17) is 16.3 Å². The Morgan fingerprint density at radius 2 is 1.94 bits per heavy atom. The molecule has 1 atom stereocenters. The molecule has 3 nitrogen and oxygen atoms in total. The van der Waals surface area contributed by atoms with Crippen molar-refractivity contribution in [1.29, 1.82) is 0 Å². The van der Waals surface area contributed by atoms with Gasteiger partial charge in [0.15, 0.2) is 0 Å². The maximum absolute atomic E-state index is 6.07. The van der Waals surface area contributed by atoms with Crippen LogP contribution in [0.5, 0.6) is 0 Å². The molecule has 0 aromatic carbocycles. The van der Waals surface area contributed by atoms with Gasteiger partial charge in [-0.05, 0) is 21.8 Å². The van der Waals surface area contributed by atoms with Gasteiger partial charge in [0.2, 0.25) is 0 Å². The lowest BCUT2D eigenvalue weighted by molar-refractivity contribution is 0.181. The van der Waals surface area contributed by atoms with Gasteiger partial charge < -0.3 is 4.74 Å². The molecular weight excluding hydrogens is 291 g/mol. The van der Waals surface area contributed by atoms with Crippen molar-refractivity contribution in [3.8, 4) is 0 Å². The van der Waals surface area contributed by atoms with Gasteiger partial charge in [-0.3, -0.25) is 0 Å². The summed E-state index contributed by atoms with van der Waals surface area (Å²) in [6.07, 6.45) is 0. The molecule has 0 fully saturated rings. The number of hydrogen-bond donors (Lipinski definition) is 0. The van der Waals surface area contributed by atoms with Crippen LogP contribution in [0, 0.1) is 0 Å². The molecule has 0 bridgehead atoms. The molecule has 0 aliphatic carbocycles. The van der Waals surface area contributed by atoms with E-state index in [9.17, 15) is 0 Å². The molecule has 0 amide bonds. The van der Waals surface area contributed by atoms with Gasteiger partial charge in [0.25, 0.3) is 0 Å². The van der Waals surface area contributed by atoms with Gasteiger partial charge in [0.05, 0.1) is 16.8 Å². The summed E-state index contributed by atoms with van der Waals surface area (Å²) in [5.41, 5.74) is 0.943. The molecule has 1 aromatic heterocycles. The molecule has 0 saturated heterocycles. The van der Waals surface area contributed by atoms with E-state index in [0.717, 1.165) is 16.0 Å². The fraction of sp³-hybridized carbons (Fsp3) is 0.636. The van der Waals surface area contributed by atoms with Gasteiger partial charge in [-0.1, -0.05) is 32.4 Å². The first-order valence-corrected chi connectivity index (χ1v) is 6.36. The predicted molar refractivity (Wildman–Crippen MR) is 69.1 cm³/mol. The Labute approximate surface area is 110 Å². The van der Waals surface area contributed by atoms with E-state index < -0.39 is 0 Å². The van der Waals surface area contributed by atoms with Crippen molar-refractivity contribution in [3.05, 3.63) is 21.1 Å². The topological polar surface area (TPSA) is 35.0 Å². The number of aromatic nitrogens is 2. The summed E-state index contributed by atoms with van der Waals surface area (Å²) in [5.74, 6) is 1.19. The van der Waals surface area contributed by atoms with Crippen LogP contribution in [-0.4, -0.2) is 23.7 Å². The van der Waals surface area contributed by atoms with Crippen LogP contribution >= 0.6 is 27.5 Å². The summed E-state index contributed by atoms with van der Waals surface area (Å²) >= 11 is 9.48. The molecule has 16 heavy (non-hydrogen) atoms. The number of ether oxygens (including phenoxy) is 1. The van der Waals surface area contributed by atoms with Gasteiger partial charge in [0, 0.05) is 13.0 Å². The second-order valence-electron chi connectivity index (χ2n) is 4.08. The van der Waals surface area contributed by atoms with E-state index >= 15 is 0 Å². The fourth-order valence-electron chi connectivity index (χ4n) is 1.38. The average Bonchev–Trinajstić information content (AvgIpc) is 2.21. The first kappa shape index (κ1) is 13.9. The number of rotatable bonds is 4. The minimum Gasteiger partial charge on any atom is -0.384 e. The summed E-state index contributed by atoms with van der Waals surface area (Å²) < 4.78 is 5.88. The molecule has 0 aliphatic rings. The summed E-state index contributed by atoms with van der Waals surface area (Å²) in [4.78, 5) is 8.79. The predicted octanol–water partition coefficient (Wildman–Crippen LogP) is 3.77. The van der Waals surface area contributed by atoms with Crippen molar-refractivity contribution in [2.24, 2.45) is 0 Å². The highest BCUT2D eigenvalue weighted by molar-refractivity contribution is 9.10. The Kier molecular flexibility index (Phi) is 5.15. The Hall–Kier alpha value is -0.190. The Bertz CT molecular complexity index is 371. The molecule has 1 unspecified atom stereocenters. The molecule has 1 aromatic rings. The van der Waals surface area contributed by atoms with Crippen molar-refractivity contribution in [2.45, 2.75) is 32.6 Å². The molecule has 90 valence electrons. The molecule has 1 rings (SSSR count). The third-order valence-electron chi connectivity index (χ3n) is 2.26. The quantitative estimate of drug-likeness (QED) is 0.794. The first-order chi connectivity index (χ1) is 7.47. The third-order valence-corrected chi connectivity index (χ3v) is 3.54. The summed E-state index contributed by atoms with van der Waals surface area (Å²) in [5, 5.41) is 0.469. The SMILES string of the molecule is COCC(C)c1nc(Cl)c(Br)c(C(C)C)n1. The van der Waals surface area contributed by atoms with Crippen LogP contribution in [0.3, 0.4) is 0 Å². The highest BCUT2D eigenvalue weighted by Gasteiger charge is 2.17. The van der Waals surface area contributed by atoms with Gasteiger partial charge in [-0.25, -0.2) is 9.97 Å². The molecule has 5 heteroatoms. The number of hydrogen-bond acceptors (Lipinski definition) is 3. The Morgan fingerprint density at radius 3 is 2.44 bits per heavy atom. The first-order valence-electron chi connectivity index (χ1n) is 5.19. The van der Waals surface area contributed by atoms with Crippen molar-refractivity contribution in [1.82, 2.24) is 9.97 Å². The lowest BCUT2D eigenvalue weighted by Gasteiger charge is -2.14. The lowest BCUT2D eigenvalue weighted by atomic mass is 10.1. The fourth-order valence-corrected chi connectivity index (χ4v) is 2.20. The minimum atomic E-state index is 0.146. The molecule has 0 N–H and O–H groups in total. The molecular formula is C11H16BrClN2O. The second-order valence-corrected chi connectivity index (χ2v) is 5.23. The van der Waals surface area contributed by atoms with Crippen LogP contribution in [0.25, 0.3) is 0 Å². The van der Waals surface area contributed by atoms with Crippen LogP contribution in [0.4, 0.5) is 0 Å². The minimum absolute atomic E-state index is 0.146. The number of nitrogens with zero attached hydrogens (tertiary/aromatic N) is 2. The van der Waals surface area contributed by atoms with Crippen LogP contribution in [0.1, 0.15) is 44.1 Å². The van der Waals surface area contributed by atoms with E-state index in [1.165, 1.54) is 0 Å². The van der Waals surface area contributed by atoms with Crippen molar-refractivity contribution in [3.63, 3.8) is 0 Å². The van der Waals surface area contributed by atoms with E-state index in [1.54, 1.807) is 7.11 Å². The largest absolute Gasteiger partial charge is 0.384 e. The lowest BCUT2D eigenvalue weighted by Crippen LogP contribution is -2.10. The van der Waals surface area contributed by atoms with Crippen LogP contribution in [0.15, 0.2) is 4.47 Å². The summed E-state index contributed by atoms with van der Waals surface area (Å²) in [7, 11) is 1.67. The molecule has 1 heterocycles. The smallest absolute Gasteiger partial charge is 0.147 e. The van der Waals surface area contributed by atoms with Crippen molar-refractivity contribution in [2.75, 3.05) is 13.7 Å². The van der Waals surface area contributed by atoms with Crippen LogP contribution in [0.2, 0.25) is 5.15 Å². The van der Waals surface area contributed by atoms with E-state index in [2.05, 4.69) is 39.7 Å². The van der Waals surface area contributed by atoms with Gasteiger partial charge in [-0.15, -0.1) is 0 Å². The summed E-state index contributed by atoms with van der Waals surface area (Å²) in [6, 6.07) is 0. The zero-order chi connectivity index (χ0) is 12.3. The van der Waals surface area contributed by atoms with Crippen LogP contribution < -0.4 is 0 Å². The summed E-state index contributed by atoms with van der Waals surface area (Å²) in [6.45, 7) is 6.77. The molecule has 0 radical (unpaired) electrons. The molecule has 0 spiro atoms. The highest BCUT2D eigenvalue weighted by atomic mass is 79.9. The van der Waals surface area contributed by atoms with E-state index in [1.807, 2.05) is 6.92 Å². The molecule has 0 aliphatic heterocycles. The van der Waals surface area contributed by atoms with Gasteiger partial charge in [-0.2, -0.15) is 0 Å². The highest BCUT2D eigenvalue weighted by Crippen LogP contribution is 2.29. The maximum Gasteiger partial charge on any atom is 0.147 e. The monoisotopic (exact) mass is 306 g/mol. The Morgan fingerprint density at radius 1 is 1.31 bits per heavy atom. The van der Waals surface area contributed by atoms with Gasteiger partial charge >= 0.3 is 0 Å². The standard InChI is InChI=1S/C11H16BrClN2O/c1-6(2)9-8(12)10(13)15-11(14-9)7(3)5-16-4/h6-7H,5H2,1-4H3. The van der Waals surface area contributed by atoms with Crippen molar-refractivity contribution < 1.29 is 4.74 Å². The van der Waals surface area contributed by atoms with E-state index in [-0.39, 0.29) is 5.92 Å². The normalized spacial score (nSPS) is 13.2. The number of methoxy groups -OCH3 is 1. The maximum atomic E-state index is 6.07. The van der Waals surface area contributed by atoms with Crippen molar-refractivity contribution >= 4 is 27.5 Å². The number of halogens is 2. The van der Waals surface area contributed by atoms with E-state index in [0.29, 0.717) is 17.7 Å².